The first-order valence-corrected chi connectivity index (χ1v) is 8.79. The molecular weight excluding hydrogens is 346 g/mol. The average molecular weight is 367 g/mol. The van der Waals surface area contributed by atoms with Crippen molar-refractivity contribution in [2.24, 2.45) is 5.92 Å². The van der Waals surface area contributed by atoms with Crippen LogP contribution in [0.2, 0.25) is 0 Å². The van der Waals surface area contributed by atoms with Gasteiger partial charge in [0.1, 0.15) is 12.1 Å². The Labute approximate surface area is 157 Å². The van der Waals surface area contributed by atoms with Crippen molar-refractivity contribution in [1.82, 2.24) is 19.9 Å². The number of aromatic nitrogens is 4. The van der Waals surface area contributed by atoms with Crippen molar-refractivity contribution in [3.63, 3.8) is 0 Å². The molecule has 1 atom stereocenters. The fourth-order valence-electron chi connectivity index (χ4n) is 3.35. The number of anilines is 1. The molecule has 1 aliphatic rings. The Morgan fingerprint density at radius 3 is 2.70 bits per heavy atom. The minimum atomic E-state index is 0.400. The van der Waals surface area contributed by atoms with E-state index in [-0.39, 0.29) is 0 Å². The lowest BCUT2D eigenvalue weighted by molar-refractivity contribution is 0.251. The topological polar surface area (TPSA) is 82.5 Å². The first kappa shape index (κ1) is 17.3. The number of rotatable bonds is 6. The van der Waals surface area contributed by atoms with Gasteiger partial charge in [0.05, 0.1) is 32.5 Å². The maximum absolute atomic E-state index is 5.76. The van der Waals surface area contributed by atoms with Crippen molar-refractivity contribution < 1.29 is 14.2 Å². The van der Waals surface area contributed by atoms with Gasteiger partial charge in [-0.1, -0.05) is 0 Å². The summed E-state index contributed by atoms with van der Waals surface area (Å²) in [7, 11) is 3.25. The number of ether oxygens (including phenoxy) is 3. The predicted octanol–water partition coefficient (Wildman–Crippen LogP) is 2.34. The summed E-state index contributed by atoms with van der Waals surface area (Å²) in [6, 6.07) is 3.82. The molecule has 1 fully saturated rings. The standard InChI is InChI=1S/C19H21N5O3/c1-25-16-7-14-15(8-17(16)26-2)22-12-23-19(14)24-6-3-13(10-24)11-27-18-9-20-4-5-21-18/h4-5,7-9,12-13H,3,6,10-11H2,1-2H3. The van der Waals surface area contributed by atoms with E-state index in [1.807, 2.05) is 12.1 Å². The van der Waals surface area contributed by atoms with Gasteiger partial charge in [0.25, 0.3) is 0 Å². The summed E-state index contributed by atoms with van der Waals surface area (Å²) in [6.07, 6.45) is 7.51. The van der Waals surface area contributed by atoms with Gasteiger partial charge in [0.2, 0.25) is 5.88 Å². The molecule has 27 heavy (non-hydrogen) atoms. The monoisotopic (exact) mass is 367 g/mol. The minimum absolute atomic E-state index is 0.400. The summed E-state index contributed by atoms with van der Waals surface area (Å²) < 4.78 is 16.6. The lowest BCUT2D eigenvalue weighted by Crippen LogP contribution is -2.23. The smallest absolute Gasteiger partial charge is 0.232 e. The van der Waals surface area contributed by atoms with E-state index in [9.17, 15) is 0 Å². The molecule has 0 amide bonds. The summed E-state index contributed by atoms with van der Waals surface area (Å²) in [4.78, 5) is 19.3. The van der Waals surface area contributed by atoms with Crippen LogP contribution in [0.4, 0.5) is 5.82 Å². The van der Waals surface area contributed by atoms with Crippen LogP contribution in [0.1, 0.15) is 6.42 Å². The third kappa shape index (κ3) is 3.55. The van der Waals surface area contributed by atoms with E-state index >= 15 is 0 Å². The van der Waals surface area contributed by atoms with Crippen LogP contribution in [0.25, 0.3) is 10.9 Å². The summed E-state index contributed by atoms with van der Waals surface area (Å²) in [5.41, 5.74) is 0.830. The first-order chi connectivity index (χ1) is 13.3. The molecule has 0 spiro atoms. The Morgan fingerprint density at radius 1 is 1.07 bits per heavy atom. The van der Waals surface area contributed by atoms with E-state index < -0.39 is 0 Å². The van der Waals surface area contributed by atoms with Crippen LogP contribution in [0.3, 0.4) is 0 Å². The number of methoxy groups -OCH3 is 2. The summed E-state index contributed by atoms with van der Waals surface area (Å²) in [5.74, 6) is 3.19. The fourth-order valence-corrected chi connectivity index (χ4v) is 3.35. The highest BCUT2D eigenvalue weighted by Crippen LogP contribution is 2.36. The molecule has 140 valence electrons. The molecule has 1 saturated heterocycles. The summed E-state index contributed by atoms with van der Waals surface area (Å²) in [6.45, 7) is 2.38. The van der Waals surface area contributed by atoms with E-state index in [0.29, 0.717) is 29.9 Å². The third-order valence-corrected chi connectivity index (χ3v) is 4.71. The average Bonchev–Trinajstić information content (AvgIpc) is 3.20. The van der Waals surface area contributed by atoms with Crippen LogP contribution in [0, 0.1) is 5.92 Å². The van der Waals surface area contributed by atoms with Crippen LogP contribution in [-0.2, 0) is 0 Å². The molecule has 0 aliphatic carbocycles. The second-order valence-corrected chi connectivity index (χ2v) is 6.38. The lowest BCUT2D eigenvalue weighted by Gasteiger charge is -2.20. The maximum atomic E-state index is 5.76. The minimum Gasteiger partial charge on any atom is -0.493 e. The van der Waals surface area contributed by atoms with Crippen LogP contribution in [0.5, 0.6) is 17.4 Å². The van der Waals surface area contributed by atoms with Crippen molar-refractivity contribution in [2.45, 2.75) is 6.42 Å². The SMILES string of the molecule is COc1cc2ncnc(N3CCC(COc4cnccn4)C3)c2cc1OC. The van der Waals surface area contributed by atoms with Gasteiger partial charge in [-0.2, -0.15) is 0 Å². The number of hydrogen-bond acceptors (Lipinski definition) is 8. The number of hydrogen-bond donors (Lipinski definition) is 0. The number of fused-ring (bicyclic) bond motifs is 1. The Morgan fingerprint density at radius 2 is 1.93 bits per heavy atom. The zero-order valence-electron chi connectivity index (χ0n) is 15.3. The fraction of sp³-hybridized carbons (Fsp3) is 0.368. The highest BCUT2D eigenvalue weighted by atomic mass is 16.5. The molecular formula is C19H21N5O3. The Bertz CT molecular complexity index is 922. The van der Waals surface area contributed by atoms with Gasteiger partial charge in [-0.3, -0.25) is 4.98 Å². The summed E-state index contributed by atoms with van der Waals surface area (Å²) in [5, 5.41) is 0.950. The third-order valence-electron chi connectivity index (χ3n) is 4.71. The molecule has 1 aromatic carbocycles. The maximum Gasteiger partial charge on any atom is 0.232 e. The van der Waals surface area contributed by atoms with Crippen molar-refractivity contribution in [2.75, 3.05) is 38.8 Å². The highest BCUT2D eigenvalue weighted by molar-refractivity contribution is 5.92. The Kier molecular flexibility index (Phi) is 4.86. The van der Waals surface area contributed by atoms with Gasteiger partial charge in [0, 0.05) is 42.9 Å². The molecule has 8 heteroatoms. The number of benzene rings is 1. The molecule has 3 aromatic rings. The van der Waals surface area contributed by atoms with Gasteiger partial charge in [-0.05, 0) is 12.5 Å². The van der Waals surface area contributed by atoms with Crippen molar-refractivity contribution >= 4 is 16.7 Å². The van der Waals surface area contributed by atoms with E-state index in [4.69, 9.17) is 14.2 Å². The van der Waals surface area contributed by atoms with E-state index in [2.05, 4.69) is 24.8 Å². The van der Waals surface area contributed by atoms with Crippen LogP contribution in [-0.4, -0.2) is 53.9 Å². The largest absolute Gasteiger partial charge is 0.493 e. The molecule has 4 rings (SSSR count). The molecule has 3 heterocycles. The molecule has 0 saturated carbocycles. The van der Waals surface area contributed by atoms with Crippen LogP contribution >= 0.6 is 0 Å². The van der Waals surface area contributed by atoms with Crippen LogP contribution < -0.4 is 19.1 Å². The van der Waals surface area contributed by atoms with Gasteiger partial charge in [-0.15, -0.1) is 0 Å². The lowest BCUT2D eigenvalue weighted by atomic mass is 10.1. The molecule has 0 N–H and O–H groups in total. The van der Waals surface area contributed by atoms with E-state index in [1.54, 1.807) is 39.1 Å². The number of nitrogens with zero attached hydrogens (tertiary/aromatic N) is 5. The van der Waals surface area contributed by atoms with E-state index in [1.165, 1.54) is 0 Å². The summed E-state index contributed by atoms with van der Waals surface area (Å²) >= 11 is 0. The predicted molar refractivity (Wildman–Crippen MR) is 100 cm³/mol. The molecule has 1 aliphatic heterocycles. The van der Waals surface area contributed by atoms with Crippen molar-refractivity contribution in [3.05, 3.63) is 37.1 Å². The molecule has 0 radical (unpaired) electrons. The normalized spacial score (nSPS) is 16.5. The van der Waals surface area contributed by atoms with Crippen molar-refractivity contribution in [1.29, 1.82) is 0 Å². The van der Waals surface area contributed by atoms with Gasteiger partial charge < -0.3 is 19.1 Å². The quantitative estimate of drug-likeness (QED) is 0.657. The van der Waals surface area contributed by atoms with Gasteiger partial charge >= 0.3 is 0 Å². The molecule has 1 unspecified atom stereocenters. The van der Waals surface area contributed by atoms with E-state index in [0.717, 1.165) is 36.2 Å². The van der Waals surface area contributed by atoms with Gasteiger partial charge in [0.15, 0.2) is 11.5 Å². The highest BCUT2D eigenvalue weighted by Gasteiger charge is 2.26. The van der Waals surface area contributed by atoms with Crippen LogP contribution in [0.15, 0.2) is 37.1 Å². The second kappa shape index (κ2) is 7.61. The Balaban J connectivity index is 1.52. The zero-order chi connectivity index (χ0) is 18.6. The van der Waals surface area contributed by atoms with Crippen molar-refractivity contribution in [3.8, 4) is 17.4 Å². The molecule has 0 bridgehead atoms. The second-order valence-electron chi connectivity index (χ2n) is 6.38. The van der Waals surface area contributed by atoms with Gasteiger partial charge in [-0.25, -0.2) is 15.0 Å². The Hall–Kier alpha value is -3.16. The molecule has 8 nitrogen and oxygen atoms in total. The zero-order valence-corrected chi connectivity index (χ0v) is 15.3. The molecule has 2 aromatic heterocycles. The first-order valence-electron chi connectivity index (χ1n) is 8.79.